The summed E-state index contributed by atoms with van der Waals surface area (Å²) >= 11 is 0. The predicted octanol–water partition coefficient (Wildman–Crippen LogP) is 0.707. The normalized spacial score (nSPS) is 48.1. The van der Waals surface area contributed by atoms with E-state index in [0.29, 0.717) is 31.3 Å². The Bertz CT molecular complexity index is 1120. The van der Waals surface area contributed by atoms with Crippen LogP contribution in [0.4, 0.5) is 0 Å². The molecule has 1 aliphatic heterocycles. The number of hydrogen-bond donors (Lipinski definition) is 8. The van der Waals surface area contributed by atoms with E-state index in [1.807, 2.05) is 13.8 Å². The third-order valence-corrected chi connectivity index (χ3v) is 12.5. The van der Waals surface area contributed by atoms with Crippen LogP contribution < -0.4 is 0 Å². The maximum atomic E-state index is 13.5. The molecule has 44 heavy (non-hydrogen) atoms. The van der Waals surface area contributed by atoms with E-state index in [4.69, 9.17) is 9.47 Å². The number of allylic oxidation sites excluding steroid dienone is 1. The summed E-state index contributed by atoms with van der Waals surface area (Å²) in [6, 6.07) is 0. The molecular formula is C33H54O11. The number of hydrogen-bond acceptors (Lipinski definition) is 11. The zero-order chi connectivity index (χ0) is 32.6. The molecule has 4 aliphatic carbocycles. The number of aliphatic hydroxyl groups is 8. The predicted molar refractivity (Wildman–Crippen MR) is 158 cm³/mol. The largest absolute Gasteiger partial charge is 0.394 e. The molecule has 8 N–H and O–H groups in total. The lowest BCUT2D eigenvalue weighted by atomic mass is 9.45. The van der Waals surface area contributed by atoms with Crippen molar-refractivity contribution in [2.75, 3.05) is 6.61 Å². The fourth-order valence-corrected chi connectivity index (χ4v) is 9.85. The van der Waals surface area contributed by atoms with Crippen molar-refractivity contribution in [3.8, 4) is 0 Å². The second-order valence-electron chi connectivity index (χ2n) is 15.9. The first-order chi connectivity index (χ1) is 20.3. The van der Waals surface area contributed by atoms with Crippen LogP contribution >= 0.6 is 0 Å². The van der Waals surface area contributed by atoms with Crippen LogP contribution in [-0.2, 0) is 14.3 Å². The van der Waals surface area contributed by atoms with Gasteiger partial charge in [-0.2, -0.15) is 0 Å². The third-order valence-electron chi connectivity index (χ3n) is 12.5. The Hall–Kier alpha value is -0.990. The minimum Gasteiger partial charge on any atom is -0.394 e. The van der Waals surface area contributed by atoms with Gasteiger partial charge < -0.3 is 50.3 Å². The molecule has 0 amide bonds. The number of rotatable bonds is 8. The van der Waals surface area contributed by atoms with E-state index in [1.165, 1.54) is 0 Å². The average Bonchev–Trinajstić information content (AvgIpc) is 3.21. The summed E-state index contributed by atoms with van der Waals surface area (Å²) in [5.41, 5.74) is -4.80. The van der Waals surface area contributed by atoms with Crippen molar-refractivity contribution in [3.63, 3.8) is 0 Å². The fourth-order valence-electron chi connectivity index (χ4n) is 9.85. The summed E-state index contributed by atoms with van der Waals surface area (Å²) in [5.74, 6) is -1.22. The highest BCUT2D eigenvalue weighted by molar-refractivity contribution is 5.95. The van der Waals surface area contributed by atoms with E-state index in [0.717, 1.165) is 0 Å². The Labute approximate surface area is 259 Å². The van der Waals surface area contributed by atoms with Gasteiger partial charge in [0.2, 0.25) is 0 Å². The van der Waals surface area contributed by atoms with Crippen molar-refractivity contribution in [1.29, 1.82) is 0 Å². The zero-order valence-corrected chi connectivity index (χ0v) is 26.7. The summed E-state index contributed by atoms with van der Waals surface area (Å²) in [6.45, 7) is 8.42. The van der Waals surface area contributed by atoms with Gasteiger partial charge in [-0.05, 0) is 101 Å². The molecule has 11 heteroatoms. The Morgan fingerprint density at radius 2 is 1.68 bits per heavy atom. The van der Waals surface area contributed by atoms with Gasteiger partial charge in [-0.25, -0.2) is 0 Å². The Balaban J connectivity index is 1.45. The van der Waals surface area contributed by atoms with Crippen LogP contribution in [0.5, 0.6) is 0 Å². The lowest BCUT2D eigenvalue weighted by Crippen LogP contribution is -2.63. The summed E-state index contributed by atoms with van der Waals surface area (Å²) < 4.78 is 12.1. The molecule has 2 unspecified atom stereocenters. The quantitative estimate of drug-likeness (QED) is 0.189. The highest BCUT2D eigenvalue weighted by Crippen LogP contribution is 2.68. The van der Waals surface area contributed by atoms with Crippen LogP contribution in [0.3, 0.4) is 0 Å². The molecule has 0 aromatic rings. The highest BCUT2D eigenvalue weighted by atomic mass is 16.7. The SMILES string of the molecule is CC(C)(O)CCC(OC1C[C@@H](O)[C@H](O)[C@@H](CO)O1)[C@](C)(O)[C@H]1CC[C@@]2(O)C3=CC(=O)[C@@H]4C[C@@H](O)[C@@H](O)C[C@]4(C)[C@H]3CC[C@]12C. The van der Waals surface area contributed by atoms with Crippen molar-refractivity contribution < 1.29 is 55.1 Å². The number of carbonyl (C=O) groups excluding carboxylic acids is 1. The van der Waals surface area contributed by atoms with Gasteiger partial charge in [0.05, 0.1) is 47.8 Å². The number of ether oxygens (including phenoxy) is 2. The Morgan fingerprint density at radius 1 is 1.00 bits per heavy atom. The van der Waals surface area contributed by atoms with E-state index < -0.39 is 89.0 Å². The van der Waals surface area contributed by atoms with Crippen molar-refractivity contribution in [3.05, 3.63) is 11.6 Å². The van der Waals surface area contributed by atoms with Crippen molar-refractivity contribution in [2.24, 2.45) is 28.6 Å². The number of ketones is 1. The van der Waals surface area contributed by atoms with Crippen LogP contribution in [-0.4, -0.2) is 113 Å². The van der Waals surface area contributed by atoms with E-state index >= 15 is 0 Å². The van der Waals surface area contributed by atoms with E-state index in [1.54, 1.807) is 26.8 Å². The standard InChI is InChI=1S/C33H54O11/c1-29(2,40)9-8-26(44-27-14-22(37)28(39)24(16-34)43-27)32(5,41)25-7-11-33(42)18-12-20(35)19-13-21(36)23(38)15-30(19,3)17(18)6-10-31(25,33)4/h12,17,19,21-28,34,36-42H,6-11,13-16H2,1-5H3/t17-,19-,21+,22+,23-,24+,25-,26?,27?,28-,30+,31+,32+,33+/m0/s1. The third kappa shape index (κ3) is 5.52. The van der Waals surface area contributed by atoms with Crippen LogP contribution in [0, 0.1) is 28.6 Å². The molecule has 5 aliphatic rings. The molecule has 252 valence electrons. The van der Waals surface area contributed by atoms with Gasteiger partial charge in [-0.3, -0.25) is 4.79 Å². The van der Waals surface area contributed by atoms with Crippen LogP contribution in [0.1, 0.15) is 92.4 Å². The van der Waals surface area contributed by atoms with E-state index in [-0.39, 0.29) is 43.8 Å². The minimum absolute atomic E-state index is 0.0738. The topological polar surface area (TPSA) is 197 Å². The molecule has 0 spiro atoms. The Kier molecular flexibility index (Phi) is 9.06. The smallest absolute Gasteiger partial charge is 0.161 e. The van der Waals surface area contributed by atoms with Crippen molar-refractivity contribution >= 4 is 5.78 Å². The lowest BCUT2D eigenvalue weighted by Gasteiger charge is -2.61. The molecule has 4 fully saturated rings. The molecule has 0 bridgehead atoms. The molecule has 0 aromatic heterocycles. The number of carbonyl (C=O) groups is 1. The summed E-state index contributed by atoms with van der Waals surface area (Å²) in [7, 11) is 0. The molecule has 3 saturated carbocycles. The molecule has 0 aromatic carbocycles. The minimum atomic E-state index is -1.55. The van der Waals surface area contributed by atoms with Crippen molar-refractivity contribution in [2.45, 2.75) is 152 Å². The van der Waals surface area contributed by atoms with E-state index in [2.05, 4.69) is 0 Å². The molecule has 11 nitrogen and oxygen atoms in total. The molecule has 1 saturated heterocycles. The van der Waals surface area contributed by atoms with Crippen LogP contribution in [0.2, 0.25) is 0 Å². The summed E-state index contributed by atoms with van der Waals surface area (Å²) in [6.07, 6.45) is -2.95. The monoisotopic (exact) mass is 626 g/mol. The van der Waals surface area contributed by atoms with Gasteiger partial charge >= 0.3 is 0 Å². The molecule has 5 rings (SSSR count). The summed E-state index contributed by atoms with van der Waals surface area (Å²) in [4.78, 5) is 13.5. The second kappa shape index (κ2) is 11.6. The van der Waals surface area contributed by atoms with E-state index in [9.17, 15) is 45.6 Å². The van der Waals surface area contributed by atoms with Crippen LogP contribution in [0.15, 0.2) is 11.6 Å². The number of fused-ring (bicyclic) bond motifs is 5. The highest BCUT2D eigenvalue weighted by Gasteiger charge is 2.69. The second-order valence-corrected chi connectivity index (χ2v) is 15.9. The van der Waals surface area contributed by atoms with Gasteiger partial charge in [0.25, 0.3) is 0 Å². The lowest BCUT2D eigenvalue weighted by molar-refractivity contribution is -0.295. The van der Waals surface area contributed by atoms with Gasteiger partial charge in [-0.1, -0.05) is 13.8 Å². The zero-order valence-electron chi connectivity index (χ0n) is 26.7. The van der Waals surface area contributed by atoms with Gasteiger partial charge in [0.15, 0.2) is 12.1 Å². The van der Waals surface area contributed by atoms with Crippen LogP contribution in [0.25, 0.3) is 0 Å². The van der Waals surface area contributed by atoms with Gasteiger partial charge in [0, 0.05) is 17.8 Å². The first kappa shape index (κ1) is 34.3. The first-order valence-electron chi connectivity index (χ1n) is 16.4. The summed E-state index contributed by atoms with van der Waals surface area (Å²) in [5, 5.41) is 86.8. The molecular weight excluding hydrogens is 572 g/mol. The average molecular weight is 627 g/mol. The molecule has 1 heterocycles. The fraction of sp³-hybridized carbons (Fsp3) is 0.909. The maximum Gasteiger partial charge on any atom is 0.161 e. The van der Waals surface area contributed by atoms with Crippen molar-refractivity contribution in [1.82, 2.24) is 0 Å². The van der Waals surface area contributed by atoms with Gasteiger partial charge in [0.1, 0.15) is 12.2 Å². The number of aliphatic hydroxyl groups excluding tert-OH is 5. The maximum absolute atomic E-state index is 13.5. The molecule has 14 atom stereocenters. The molecule has 0 radical (unpaired) electrons. The Morgan fingerprint density at radius 3 is 2.32 bits per heavy atom. The first-order valence-corrected chi connectivity index (χ1v) is 16.4. The van der Waals surface area contributed by atoms with Gasteiger partial charge in [-0.15, -0.1) is 0 Å².